The zero-order chi connectivity index (χ0) is 16.2. The highest BCUT2D eigenvalue weighted by Crippen LogP contribution is 2.21. The molecular weight excluding hydrogens is 372 g/mol. The monoisotopic (exact) mass is 388 g/mol. The molecule has 3 aromatic rings. The number of halogens is 1. The number of rotatable bonds is 5. The van der Waals surface area contributed by atoms with Gasteiger partial charge >= 0.3 is 0 Å². The van der Waals surface area contributed by atoms with Gasteiger partial charge in [-0.1, -0.05) is 64.9 Å². The molecule has 0 bridgehead atoms. The zero-order valence-electron chi connectivity index (χ0n) is 12.8. The highest BCUT2D eigenvalue weighted by Gasteiger charge is 2.12. The summed E-state index contributed by atoms with van der Waals surface area (Å²) in [7, 11) is 0. The summed E-state index contributed by atoms with van der Waals surface area (Å²) in [5.74, 6) is 0.948. The Morgan fingerprint density at radius 1 is 1.17 bits per heavy atom. The van der Waals surface area contributed by atoms with E-state index in [0.29, 0.717) is 11.9 Å². The minimum atomic E-state index is 0.0127. The molecule has 2 aromatic carbocycles. The van der Waals surface area contributed by atoms with Gasteiger partial charge < -0.3 is 0 Å². The number of thioether (sulfide) groups is 1. The van der Waals surface area contributed by atoms with Crippen LogP contribution in [0.5, 0.6) is 0 Å². The molecule has 0 saturated heterocycles. The van der Waals surface area contributed by atoms with E-state index in [4.69, 9.17) is 4.98 Å². The molecular formula is C18H17BrN2OS. The Labute approximate surface area is 147 Å². The van der Waals surface area contributed by atoms with Crippen LogP contribution in [-0.4, -0.2) is 15.3 Å². The van der Waals surface area contributed by atoms with Crippen LogP contribution in [0.25, 0.3) is 10.9 Å². The van der Waals surface area contributed by atoms with Crippen LogP contribution in [0, 0.1) is 0 Å². The molecule has 0 spiro atoms. The number of fused-ring (bicyclic) bond motifs is 1. The summed E-state index contributed by atoms with van der Waals surface area (Å²) in [6, 6.07) is 15.7. The minimum absolute atomic E-state index is 0.0127. The van der Waals surface area contributed by atoms with E-state index < -0.39 is 0 Å². The summed E-state index contributed by atoms with van der Waals surface area (Å²) >= 11 is 5.08. The Hall–Kier alpha value is -1.59. The maximum atomic E-state index is 13.0. The van der Waals surface area contributed by atoms with Crippen LogP contribution in [0.3, 0.4) is 0 Å². The van der Waals surface area contributed by atoms with E-state index in [-0.39, 0.29) is 5.56 Å². The highest BCUT2D eigenvalue weighted by atomic mass is 79.9. The zero-order valence-corrected chi connectivity index (χ0v) is 15.2. The van der Waals surface area contributed by atoms with Crippen LogP contribution < -0.4 is 5.56 Å². The van der Waals surface area contributed by atoms with E-state index in [2.05, 4.69) is 22.9 Å². The second-order valence-electron chi connectivity index (χ2n) is 5.28. The molecule has 0 amide bonds. The average Bonchev–Trinajstić information content (AvgIpc) is 2.57. The molecule has 0 saturated carbocycles. The fraction of sp³-hybridized carbons (Fsp3) is 0.222. The van der Waals surface area contributed by atoms with Gasteiger partial charge in [-0.2, -0.15) is 0 Å². The van der Waals surface area contributed by atoms with Crippen LogP contribution in [0.1, 0.15) is 18.9 Å². The number of nitrogens with zero attached hydrogens (tertiary/aromatic N) is 2. The van der Waals surface area contributed by atoms with E-state index in [9.17, 15) is 4.79 Å². The standard InChI is InChI=1S/C18H17BrN2OS/c1-2-10-23-18-20-16-9-8-14(19)11-15(16)17(22)21(18)12-13-6-4-3-5-7-13/h3-9,11H,2,10,12H2,1H3. The third kappa shape index (κ3) is 3.67. The lowest BCUT2D eigenvalue weighted by Gasteiger charge is -2.13. The highest BCUT2D eigenvalue weighted by molar-refractivity contribution is 9.10. The van der Waals surface area contributed by atoms with Crippen molar-refractivity contribution in [3.05, 3.63) is 68.9 Å². The lowest BCUT2D eigenvalue weighted by molar-refractivity contribution is 0.658. The SMILES string of the molecule is CCCSc1nc2ccc(Br)cc2c(=O)n1Cc1ccccc1. The summed E-state index contributed by atoms with van der Waals surface area (Å²) in [4.78, 5) is 17.7. The predicted molar refractivity (Wildman–Crippen MR) is 100 cm³/mol. The summed E-state index contributed by atoms with van der Waals surface area (Å²) in [6.45, 7) is 2.67. The van der Waals surface area contributed by atoms with Gasteiger partial charge in [0.1, 0.15) is 0 Å². The fourth-order valence-corrected chi connectivity index (χ4v) is 3.60. The predicted octanol–water partition coefficient (Wildman–Crippen LogP) is 4.71. The number of aromatic nitrogens is 2. The molecule has 3 rings (SSSR count). The third-order valence-corrected chi connectivity index (χ3v) is 5.18. The van der Waals surface area contributed by atoms with Crippen molar-refractivity contribution in [3.8, 4) is 0 Å². The Kier molecular flexibility index (Phi) is 5.18. The molecule has 0 aliphatic rings. The molecule has 23 heavy (non-hydrogen) atoms. The molecule has 3 nitrogen and oxygen atoms in total. The Bertz CT molecular complexity index is 877. The van der Waals surface area contributed by atoms with Crippen LogP contribution in [-0.2, 0) is 6.54 Å². The number of hydrogen-bond acceptors (Lipinski definition) is 3. The second kappa shape index (κ2) is 7.32. The van der Waals surface area contributed by atoms with Gasteiger partial charge in [-0.15, -0.1) is 0 Å². The van der Waals surface area contributed by atoms with Crippen molar-refractivity contribution in [2.75, 3.05) is 5.75 Å². The van der Waals surface area contributed by atoms with E-state index in [1.54, 1.807) is 16.3 Å². The summed E-state index contributed by atoms with van der Waals surface area (Å²) < 4.78 is 2.67. The molecule has 1 heterocycles. The van der Waals surface area contributed by atoms with Crippen molar-refractivity contribution >= 4 is 38.6 Å². The minimum Gasteiger partial charge on any atom is -0.283 e. The van der Waals surface area contributed by atoms with Gasteiger partial charge in [0, 0.05) is 10.2 Å². The molecule has 5 heteroatoms. The largest absolute Gasteiger partial charge is 0.283 e. The van der Waals surface area contributed by atoms with E-state index in [1.807, 2.05) is 48.5 Å². The fourth-order valence-electron chi connectivity index (χ4n) is 2.38. The first kappa shape index (κ1) is 16.3. The van der Waals surface area contributed by atoms with Gasteiger partial charge in [0.25, 0.3) is 5.56 Å². The lowest BCUT2D eigenvalue weighted by Crippen LogP contribution is -2.24. The van der Waals surface area contributed by atoms with Crippen LogP contribution in [0.2, 0.25) is 0 Å². The first-order valence-electron chi connectivity index (χ1n) is 7.56. The van der Waals surface area contributed by atoms with Gasteiger partial charge in [0.05, 0.1) is 17.4 Å². The van der Waals surface area contributed by atoms with Gasteiger partial charge in [0.15, 0.2) is 5.16 Å². The van der Waals surface area contributed by atoms with Crippen molar-refractivity contribution < 1.29 is 0 Å². The van der Waals surface area contributed by atoms with E-state index in [0.717, 1.165) is 32.9 Å². The first-order chi connectivity index (χ1) is 11.2. The van der Waals surface area contributed by atoms with Gasteiger partial charge in [-0.3, -0.25) is 9.36 Å². The molecule has 0 radical (unpaired) electrons. The second-order valence-corrected chi connectivity index (χ2v) is 7.26. The maximum absolute atomic E-state index is 13.0. The summed E-state index contributed by atoms with van der Waals surface area (Å²) in [6.07, 6.45) is 1.05. The first-order valence-corrected chi connectivity index (χ1v) is 9.33. The normalized spacial score (nSPS) is 11.0. The summed E-state index contributed by atoms with van der Waals surface area (Å²) in [5.41, 5.74) is 1.86. The summed E-state index contributed by atoms with van der Waals surface area (Å²) in [5, 5.41) is 1.44. The smallest absolute Gasteiger partial charge is 0.262 e. The maximum Gasteiger partial charge on any atom is 0.262 e. The average molecular weight is 389 g/mol. The van der Waals surface area contributed by atoms with Crippen LogP contribution in [0.15, 0.2) is 63.0 Å². The molecule has 0 aliphatic carbocycles. The topological polar surface area (TPSA) is 34.9 Å². The Morgan fingerprint density at radius 3 is 2.70 bits per heavy atom. The quantitative estimate of drug-likeness (QED) is 0.468. The van der Waals surface area contributed by atoms with Crippen molar-refractivity contribution in [2.45, 2.75) is 25.0 Å². The van der Waals surface area contributed by atoms with Crippen molar-refractivity contribution in [1.82, 2.24) is 9.55 Å². The lowest BCUT2D eigenvalue weighted by atomic mass is 10.2. The molecule has 0 aliphatic heterocycles. The van der Waals surface area contributed by atoms with E-state index >= 15 is 0 Å². The number of benzene rings is 2. The van der Waals surface area contributed by atoms with Crippen LogP contribution in [0.4, 0.5) is 0 Å². The molecule has 0 N–H and O–H groups in total. The van der Waals surface area contributed by atoms with Gasteiger partial charge in [0.2, 0.25) is 0 Å². The van der Waals surface area contributed by atoms with Crippen molar-refractivity contribution in [3.63, 3.8) is 0 Å². The van der Waals surface area contributed by atoms with Crippen molar-refractivity contribution in [1.29, 1.82) is 0 Å². The molecule has 1 aromatic heterocycles. The van der Waals surface area contributed by atoms with Crippen molar-refractivity contribution in [2.24, 2.45) is 0 Å². The Morgan fingerprint density at radius 2 is 1.96 bits per heavy atom. The third-order valence-electron chi connectivity index (χ3n) is 3.50. The number of hydrogen-bond donors (Lipinski definition) is 0. The molecule has 0 fully saturated rings. The Balaban J connectivity index is 2.15. The molecule has 0 atom stereocenters. The van der Waals surface area contributed by atoms with Crippen LogP contribution >= 0.6 is 27.7 Å². The van der Waals surface area contributed by atoms with E-state index in [1.165, 1.54) is 0 Å². The molecule has 0 unspecified atom stereocenters. The van der Waals surface area contributed by atoms with Gasteiger partial charge in [-0.25, -0.2) is 4.98 Å². The van der Waals surface area contributed by atoms with Gasteiger partial charge in [-0.05, 0) is 30.2 Å². The molecule has 118 valence electrons.